The van der Waals surface area contributed by atoms with Gasteiger partial charge in [0.2, 0.25) is 5.95 Å². The second kappa shape index (κ2) is 13.8. The van der Waals surface area contributed by atoms with E-state index in [1.165, 1.54) is 30.3 Å². The molecule has 4 aromatic rings. The first-order chi connectivity index (χ1) is 22.3. The van der Waals surface area contributed by atoms with Crippen LogP contribution in [-0.2, 0) is 11.3 Å². The molecule has 3 heterocycles. The summed E-state index contributed by atoms with van der Waals surface area (Å²) >= 11 is 6.67. The van der Waals surface area contributed by atoms with Crippen molar-refractivity contribution in [2.45, 2.75) is 25.0 Å². The summed E-state index contributed by atoms with van der Waals surface area (Å²) in [6.07, 6.45) is -0.992. The largest absolute Gasteiger partial charge is 0.380 e. The van der Waals surface area contributed by atoms with Crippen LogP contribution in [0.4, 0.5) is 15.1 Å². The van der Waals surface area contributed by atoms with Crippen molar-refractivity contribution in [2.75, 3.05) is 44.7 Å². The van der Waals surface area contributed by atoms with Crippen LogP contribution >= 0.6 is 11.6 Å². The monoisotopic (exact) mass is 646 g/mol. The highest BCUT2D eigenvalue weighted by Crippen LogP contribution is 2.31. The number of anilines is 1. The molecule has 1 aromatic heterocycles. The van der Waals surface area contributed by atoms with Gasteiger partial charge in [0.15, 0.2) is 11.6 Å². The molecule has 2 amide bonds. The third kappa shape index (κ3) is 6.64. The Labute approximate surface area is 269 Å². The van der Waals surface area contributed by atoms with Gasteiger partial charge in [0.25, 0.3) is 5.91 Å². The molecule has 0 saturated carbocycles. The Morgan fingerprint density at radius 2 is 1.72 bits per heavy atom. The van der Waals surface area contributed by atoms with E-state index in [9.17, 15) is 23.9 Å². The number of Topliss-reactive ketones (excluding diaryl/α,β-unsaturated/α-hetero) is 1. The molecule has 0 aliphatic carbocycles. The number of amides is 2. The van der Waals surface area contributed by atoms with Crippen molar-refractivity contribution in [1.82, 2.24) is 24.6 Å². The smallest absolute Gasteiger partial charge is 0.320 e. The van der Waals surface area contributed by atoms with E-state index in [1.54, 1.807) is 52.3 Å². The minimum Gasteiger partial charge on any atom is -0.380 e. The molecule has 2 atom stereocenters. The first-order valence-electron chi connectivity index (χ1n) is 15.0. The predicted molar refractivity (Wildman–Crippen MR) is 167 cm³/mol. The number of benzene rings is 3. The van der Waals surface area contributed by atoms with Gasteiger partial charge in [-0.2, -0.15) is 9.67 Å². The van der Waals surface area contributed by atoms with Gasteiger partial charge in [0.1, 0.15) is 11.9 Å². The third-order valence-corrected chi connectivity index (χ3v) is 8.57. The molecule has 3 aromatic carbocycles. The summed E-state index contributed by atoms with van der Waals surface area (Å²) < 4.78 is 19.9. The Bertz CT molecular complexity index is 1730. The number of aromatic nitrogens is 3. The molecule has 11 nitrogen and oxygen atoms in total. The van der Waals surface area contributed by atoms with Crippen molar-refractivity contribution < 1.29 is 28.6 Å². The predicted octanol–water partition coefficient (Wildman–Crippen LogP) is 4.53. The summed E-state index contributed by atoms with van der Waals surface area (Å²) in [5, 5.41) is 18.5. The van der Waals surface area contributed by atoms with Gasteiger partial charge in [-0.3, -0.25) is 9.59 Å². The first kappa shape index (κ1) is 31.3. The van der Waals surface area contributed by atoms with Crippen LogP contribution in [-0.4, -0.2) is 86.8 Å². The van der Waals surface area contributed by atoms with Crippen molar-refractivity contribution in [2.24, 2.45) is 0 Å². The molecule has 2 saturated heterocycles. The standard InChI is InChI=1S/C33H32ClFN6O5/c34-27-25(29(43)28(42)22-5-2-1-3-6-22)7-4-8-26(27)31(44)41-32(36-19-21-9-11-24(35)12-10-21)37-30(38-41)23-13-14-40(20-23)33(45)39-15-17-46-18-16-39/h1-12,23,29,43H,13-20H2,(H,36,37,38). The highest BCUT2D eigenvalue weighted by molar-refractivity contribution is 6.35. The second-order valence-corrected chi connectivity index (χ2v) is 11.5. The molecule has 2 aliphatic heterocycles. The highest BCUT2D eigenvalue weighted by Gasteiger charge is 2.34. The van der Waals surface area contributed by atoms with Gasteiger partial charge in [0.05, 0.1) is 23.8 Å². The summed E-state index contributed by atoms with van der Waals surface area (Å²) in [5.41, 5.74) is 1.14. The maximum atomic E-state index is 14.0. The number of halogens is 2. The van der Waals surface area contributed by atoms with Gasteiger partial charge in [-0.05, 0) is 30.2 Å². The number of likely N-dealkylation sites (tertiary alicyclic amines) is 1. The number of morpholine rings is 1. The minimum absolute atomic E-state index is 0.0101. The lowest BCUT2D eigenvalue weighted by atomic mass is 9.98. The zero-order chi connectivity index (χ0) is 32.2. The summed E-state index contributed by atoms with van der Waals surface area (Å²) in [5.74, 6) is -1.29. The van der Waals surface area contributed by atoms with Crippen molar-refractivity contribution in [3.05, 3.63) is 112 Å². The van der Waals surface area contributed by atoms with Gasteiger partial charge >= 0.3 is 6.03 Å². The maximum absolute atomic E-state index is 14.0. The molecule has 2 fully saturated rings. The number of nitrogens with one attached hydrogen (secondary N) is 1. The lowest BCUT2D eigenvalue weighted by molar-refractivity contribution is 0.0450. The first-order valence-corrected chi connectivity index (χ1v) is 15.3. The summed E-state index contributed by atoms with van der Waals surface area (Å²) in [4.78, 5) is 48.3. The number of urea groups is 1. The number of nitrogens with zero attached hydrogens (tertiary/aromatic N) is 5. The number of rotatable bonds is 8. The van der Waals surface area contributed by atoms with Crippen molar-refractivity contribution >= 4 is 35.3 Å². The second-order valence-electron chi connectivity index (χ2n) is 11.1. The number of ether oxygens (including phenoxy) is 1. The summed E-state index contributed by atoms with van der Waals surface area (Å²) in [6.45, 7) is 3.19. The van der Waals surface area contributed by atoms with E-state index in [-0.39, 0.29) is 46.4 Å². The highest BCUT2D eigenvalue weighted by atomic mass is 35.5. The lowest BCUT2D eigenvalue weighted by Crippen LogP contribution is -2.47. The molecule has 13 heteroatoms. The number of aliphatic hydroxyl groups is 1. The van der Waals surface area contributed by atoms with E-state index in [0.717, 1.165) is 10.2 Å². The van der Waals surface area contributed by atoms with Gasteiger partial charge in [0, 0.05) is 49.8 Å². The maximum Gasteiger partial charge on any atom is 0.320 e. The van der Waals surface area contributed by atoms with Gasteiger partial charge in [-0.25, -0.2) is 9.18 Å². The number of ketones is 1. The number of aliphatic hydroxyl groups excluding tert-OH is 1. The van der Waals surface area contributed by atoms with E-state index >= 15 is 0 Å². The molecule has 2 aliphatic rings. The molecule has 238 valence electrons. The third-order valence-electron chi connectivity index (χ3n) is 8.15. The molecule has 0 radical (unpaired) electrons. The Balaban J connectivity index is 1.27. The quantitative estimate of drug-likeness (QED) is 0.267. The van der Waals surface area contributed by atoms with Crippen LogP contribution in [0.5, 0.6) is 0 Å². The minimum atomic E-state index is -1.60. The van der Waals surface area contributed by atoms with Gasteiger partial charge < -0.3 is 25.0 Å². The van der Waals surface area contributed by atoms with E-state index in [1.807, 2.05) is 0 Å². The SMILES string of the molecule is O=C(c1ccccc1)C(O)c1cccc(C(=O)n2nc(C3CCN(C(=O)N4CCOCC4)C3)nc2NCc2ccc(F)cc2)c1Cl. The zero-order valence-electron chi connectivity index (χ0n) is 24.8. The molecule has 46 heavy (non-hydrogen) atoms. The summed E-state index contributed by atoms with van der Waals surface area (Å²) in [7, 11) is 0. The lowest BCUT2D eigenvalue weighted by Gasteiger charge is -2.30. The molecular formula is C33H32ClFN6O5. The molecule has 0 bridgehead atoms. The Morgan fingerprint density at radius 1 is 0.978 bits per heavy atom. The molecule has 2 N–H and O–H groups in total. The van der Waals surface area contributed by atoms with Crippen LogP contribution in [0.3, 0.4) is 0 Å². The van der Waals surface area contributed by atoms with Crippen LogP contribution in [0.2, 0.25) is 5.02 Å². The van der Waals surface area contributed by atoms with Crippen LogP contribution in [0.1, 0.15) is 56.1 Å². The Kier molecular flexibility index (Phi) is 9.38. The Morgan fingerprint density at radius 3 is 2.46 bits per heavy atom. The molecule has 0 spiro atoms. The van der Waals surface area contributed by atoms with E-state index in [0.29, 0.717) is 57.2 Å². The van der Waals surface area contributed by atoms with Crippen molar-refractivity contribution in [3.8, 4) is 0 Å². The summed E-state index contributed by atoms with van der Waals surface area (Å²) in [6, 6.07) is 18.6. The van der Waals surface area contributed by atoms with Gasteiger partial charge in [-0.1, -0.05) is 66.2 Å². The number of carbonyl (C=O) groups excluding carboxylic acids is 3. The van der Waals surface area contributed by atoms with Crippen LogP contribution in [0, 0.1) is 5.82 Å². The average molecular weight is 647 g/mol. The van der Waals surface area contributed by atoms with E-state index in [2.05, 4.69) is 15.4 Å². The normalized spacial score (nSPS) is 17.2. The van der Waals surface area contributed by atoms with Crippen LogP contribution in [0.25, 0.3) is 0 Å². The number of hydrogen-bond acceptors (Lipinski definition) is 8. The van der Waals surface area contributed by atoms with Gasteiger partial charge in [-0.15, -0.1) is 5.10 Å². The Hall–Kier alpha value is -4.65. The van der Waals surface area contributed by atoms with Crippen molar-refractivity contribution in [3.63, 3.8) is 0 Å². The van der Waals surface area contributed by atoms with E-state index in [4.69, 9.17) is 16.3 Å². The van der Waals surface area contributed by atoms with Crippen LogP contribution < -0.4 is 5.32 Å². The topological polar surface area (TPSA) is 130 Å². The molecule has 6 rings (SSSR count). The number of carbonyl (C=O) groups is 3. The average Bonchev–Trinajstić information content (AvgIpc) is 3.76. The fraction of sp³-hybridized carbons (Fsp3) is 0.303. The zero-order valence-corrected chi connectivity index (χ0v) is 25.6. The number of hydrogen-bond donors (Lipinski definition) is 2. The molecule has 2 unspecified atom stereocenters. The molecular weight excluding hydrogens is 615 g/mol. The fourth-order valence-corrected chi connectivity index (χ4v) is 5.89. The van der Waals surface area contributed by atoms with Crippen molar-refractivity contribution in [1.29, 1.82) is 0 Å². The van der Waals surface area contributed by atoms with Crippen LogP contribution in [0.15, 0.2) is 72.8 Å². The van der Waals surface area contributed by atoms with E-state index < -0.39 is 17.8 Å². The fourth-order valence-electron chi connectivity index (χ4n) is 5.58.